The van der Waals surface area contributed by atoms with E-state index in [0.29, 0.717) is 19.6 Å². The molecule has 0 N–H and O–H groups in total. The average Bonchev–Trinajstić information content (AvgIpc) is 2.97. The lowest BCUT2D eigenvalue weighted by molar-refractivity contribution is -0.142. The molecule has 2 aromatic rings. The molecule has 2 heterocycles. The molecule has 0 aliphatic carbocycles. The summed E-state index contributed by atoms with van der Waals surface area (Å²) in [5.74, 6) is 0.503. The Morgan fingerprint density at radius 3 is 2.57 bits per heavy atom. The first kappa shape index (κ1) is 22.3. The van der Waals surface area contributed by atoms with Crippen molar-refractivity contribution in [3.8, 4) is 5.75 Å². The van der Waals surface area contributed by atoms with Gasteiger partial charge in [-0.2, -0.15) is 18.3 Å². The summed E-state index contributed by atoms with van der Waals surface area (Å²) in [6.07, 6.45) is -4.66. The van der Waals surface area contributed by atoms with E-state index in [0.717, 1.165) is 21.7 Å². The van der Waals surface area contributed by atoms with Crippen LogP contribution >= 0.6 is 11.6 Å². The SMILES string of the molecule is COc1cc(N2CCN(C(=O)Cn3nc(C(F)(F)F)c(Cl)c3C)C[C@@H]2C)ccc1C. The second kappa shape index (κ2) is 8.37. The molecule has 10 heteroatoms. The molecule has 3 rings (SSSR count). The van der Waals surface area contributed by atoms with Crippen molar-refractivity contribution in [1.29, 1.82) is 0 Å². The van der Waals surface area contributed by atoms with Crippen LogP contribution in [0.2, 0.25) is 5.02 Å². The van der Waals surface area contributed by atoms with E-state index in [1.807, 2.05) is 32.0 Å². The van der Waals surface area contributed by atoms with Crippen LogP contribution in [0.5, 0.6) is 5.75 Å². The van der Waals surface area contributed by atoms with Gasteiger partial charge in [-0.3, -0.25) is 9.48 Å². The highest BCUT2D eigenvalue weighted by Crippen LogP contribution is 2.35. The molecule has 164 valence electrons. The molecule has 1 saturated heterocycles. The molecule has 1 fully saturated rings. The van der Waals surface area contributed by atoms with Crippen molar-refractivity contribution in [3.63, 3.8) is 0 Å². The minimum absolute atomic E-state index is 0.0307. The number of amides is 1. The Balaban J connectivity index is 1.69. The molecule has 1 aromatic heterocycles. The molecule has 6 nitrogen and oxygen atoms in total. The number of anilines is 1. The number of methoxy groups -OCH3 is 1. The van der Waals surface area contributed by atoms with Crippen LogP contribution < -0.4 is 9.64 Å². The molecular weight excluding hydrogens is 421 g/mol. The summed E-state index contributed by atoms with van der Waals surface area (Å²) in [7, 11) is 1.62. The predicted molar refractivity (Wildman–Crippen MR) is 108 cm³/mol. The van der Waals surface area contributed by atoms with E-state index < -0.39 is 16.9 Å². The number of aryl methyl sites for hydroxylation is 1. The second-order valence-electron chi connectivity index (χ2n) is 7.44. The summed E-state index contributed by atoms with van der Waals surface area (Å²) < 4.78 is 45.4. The number of aromatic nitrogens is 2. The van der Waals surface area contributed by atoms with Gasteiger partial charge in [0.15, 0.2) is 5.69 Å². The van der Waals surface area contributed by atoms with E-state index in [2.05, 4.69) is 10.00 Å². The van der Waals surface area contributed by atoms with Gasteiger partial charge >= 0.3 is 6.18 Å². The Hall–Kier alpha value is -2.42. The number of alkyl halides is 3. The molecule has 0 saturated carbocycles. The second-order valence-corrected chi connectivity index (χ2v) is 7.82. The van der Waals surface area contributed by atoms with Crippen LogP contribution in [-0.2, 0) is 17.5 Å². The summed E-state index contributed by atoms with van der Waals surface area (Å²) in [6.45, 7) is 6.62. The maximum absolute atomic E-state index is 13.0. The van der Waals surface area contributed by atoms with Gasteiger partial charge in [0.1, 0.15) is 12.3 Å². The first-order valence-corrected chi connectivity index (χ1v) is 9.90. The Morgan fingerprint density at radius 2 is 2.00 bits per heavy atom. The highest BCUT2D eigenvalue weighted by molar-refractivity contribution is 6.32. The number of nitrogens with zero attached hydrogens (tertiary/aromatic N) is 4. The number of hydrogen-bond acceptors (Lipinski definition) is 4. The minimum atomic E-state index is -4.66. The fraction of sp³-hybridized carbons (Fsp3) is 0.500. The van der Waals surface area contributed by atoms with E-state index in [-0.39, 0.29) is 24.2 Å². The lowest BCUT2D eigenvalue weighted by Gasteiger charge is -2.41. The fourth-order valence-corrected chi connectivity index (χ4v) is 3.89. The number of rotatable bonds is 4. The minimum Gasteiger partial charge on any atom is -0.496 e. The molecule has 30 heavy (non-hydrogen) atoms. The monoisotopic (exact) mass is 444 g/mol. The van der Waals surface area contributed by atoms with Crippen molar-refractivity contribution in [3.05, 3.63) is 40.2 Å². The van der Waals surface area contributed by atoms with Gasteiger partial charge in [-0.05, 0) is 32.4 Å². The third kappa shape index (κ3) is 4.35. The molecular formula is C20H24ClF3N4O2. The van der Waals surface area contributed by atoms with Gasteiger partial charge in [-0.1, -0.05) is 17.7 Å². The summed E-state index contributed by atoms with van der Waals surface area (Å²) >= 11 is 5.77. The maximum Gasteiger partial charge on any atom is 0.436 e. The zero-order chi connectivity index (χ0) is 22.2. The van der Waals surface area contributed by atoms with Crippen molar-refractivity contribution in [2.45, 2.75) is 39.5 Å². The lowest BCUT2D eigenvalue weighted by Crippen LogP contribution is -2.54. The normalized spacial score (nSPS) is 17.4. The topological polar surface area (TPSA) is 50.6 Å². The summed E-state index contributed by atoms with van der Waals surface area (Å²) in [4.78, 5) is 16.6. The highest BCUT2D eigenvalue weighted by Gasteiger charge is 2.38. The number of carbonyl (C=O) groups excluding carboxylic acids is 1. The zero-order valence-corrected chi connectivity index (χ0v) is 18.0. The quantitative estimate of drug-likeness (QED) is 0.717. The van der Waals surface area contributed by atoms with Gasteiger partial charge in [0.05, 0.1) is 17.8 Å². The van der Waals surface area contributed by atoms with Crippen LogP contribution in [0, 0.1) is 13.8 Å². The van der Waals surface area contributed by atoms with E-state index in [1.165, 1.54) is 6.92 Å². The van der Waals surface area contributed by atoms with Crippen LogP contribution in [-0.4, -0.2) is 53.4 Å². The fourth-order valence-electron chi connectivity index (χ4n) is 3.64. The predicted octanol–water partition coefficient (Wildman–Crippen LogP) is 3.92. The van der Waals surface area contributed by atoms with Gasteiger partial charge in [-0.15, -0.1) is 0 Å². The molecule has 1 amide bonds. The number of hydrogen-bond donors (Lipinski definition) is 0. The molecule has 1 aromatic carbocycles. The standard InChI is InChI=1S/C20H24ClF3N4O2/c1-12-5-6-15(9-16(12)30-4)27-8-7-26(10-13(27)2)17(29)11-28-14(3)18(21)19(25-28)20(22,23)24/h5-6,9,13H,7-8,10-11H2,1-4H3/t13-/m0/s1. The van der Waals surface area contributed by atoms with Crippen molar-refractivity contribution in [1.82, 2.24) is 14.7 Å². The molecule has 1 atom stereocenters. The third-order valence-corrected chi connectivity index (χ3v) is 5.84. The Morgan fingerprint density at radius 1 is 1.30 bits per heavy atom. The maximum atomic E-state index is 13.0. The van der Waals surface area contributed by atoms with Crippen molar-refractivity contribution in [2.75, 3.05) is 31.6 Å². The smallest absolute Gasteiger partial charge is 0.436 e. The number of piperazine rings is 1. The summed E-state index contributed by atoms with van der Waals surface area (Å²) in [5.41, 5.74) is 0.993. The van der Waals surface area contributed by atoms with Crippen LogP contribution in [0.4, 0.5) is 18.9 Å². The molecule has 0 bridgehead atoms. The van der Waals surface area contributed by atoms with Crippen LogP contribution in [0.1, 0.15) is 23.9 Å². The van der Waals surface area contributed by atoms with E-state index in [1.54, 1.807) is 12.0 Å². The average molecular weight is 445 g/mol. The highest BCUT2D eigenvalue weighted by atomic mass is 35.5. The number of ether oxygens (including phenoxy) is 1. The molecule has 1 aliphatic rings. The summed E-state index contributed by atoms with van der Waals surface area (Å²) in [6, 6.07) is 6.00. The van der Waals surface area contributed by atoms with E-state index in [4.69, 9.17) is 16.3 Å². The van der Waals surface area contributed by atoms with Gasteiger partial charge in [0.2, 0.25) is 5.91 Å². The lowest BCUT2D eigenvalue weighted by atomic mass is 10.1. The Bertz CT molecular complexity index is 945. The van der Waals surface area contributed by atoms with Gasteiger partial charge in [-0.25, -0.2) is 0 Å². The van der Waals surface area contributed by atoms with Gasteiger partial charge in [0, 0.05) is 37.4 Å². The first-order chi connectivity index (χ1) is 14.0. The molecule has 0 radical (unpaired) electrons. The summed E-state index contributed by atoms with van der Waals surface area (Å²) in [5, 5.41) is 3.04. The number of carbonyl (C=O) groups is 1. The van der Waals surface area contributed by atoms with Gasteiger partial charge < -0.3 is 14.5 Å². The van der Waals surface area contributed by atoms with Crippen LogP contribution in [0.25, 0.3) is 0 Å². The van der Waals surface area contributed by atoms with E-state index in [9.17, 15) is 18.0 Å². The van der Waals surface area contributed by atoms with Crippen molar-refractivity contribution >= 4 is 23.2 Å². The van der Waals surface area contributed by atoms with E-state index >= 15 is 0 Å². The molecule has 0 spiro atoms. The van der Waals surface area contributed by atoms with Crippen LogP contribution in [0.15, 0.2) is 18.2 Å². The molecule has 0 unspecified atom stereocenters. The Labute approximate surface area is 178 Å². The van der Waals surface area contributed by atoms with Gasteiger partial charge in [0.25, 0.3) is 0 Å². The third-order valence-electron chi connectivity index (χ3n) is 5.39. The Kier molecular flexibility index (Phi) is 6.21. The molecule has 1 aliphatic heterocycles. The first-order valence-electron chi connectivity index (χ1n) is 9.52. The number of benzene rings is 1. The van der Waals surface area contributed by atoms with Crippen molar-refractivity contribution in [2.24, 2.45) is 0 Å². The number of halogens is 4. The van der Waals surface area contributed by atoms with Crippen molar-refractivity contribution < 1.29 is 22.7 Å². The largest absolute Gasteiger partial charge is 0.496 e. The zero-order valence-electron chi connectivity index (χ0n) is 17.3. The van der Waals surface area contributed by atoms with Crippen LogP contribution in [0.3, 0.4) is 0 Å².